The molecule has 1 rings (SSSR count). The van der Waals surface area contributed by atoms with Crippen molar-refractivity contribution in [3.63, 3.8) is 0 Å². The lowest BCUT2D eigenvalue weighted by atomic mass is 9.85. The van der Waals surface area contributed by atoms with Gasteiger partial charge in [0.1, 0.15) is 0 Å². The Hall–Kier alpha value is -0.830. The zero-order valence-corrected chi connectivity index (χ0v) is 11.0. The number of rotatable bonds is 6. The molecule has 0 bridgehead atoms. The molecule has 0 saturated heterocycles. The van der Waals surface area contributed by atoms with Crippen molar-refractivity contribution in [3.8, 4) is 0 Å². The summed E-state index contributed by atoms with van der Waals surface area (Å²) in [6.07, 6.45) is 8.18. The lowest BCUT2D eigenvalue weighted by molar-refractivity contribution is -0.183. The maximum absolute atomic E-state index is 11.0. The molecule has 0 heterocycles. The van der Waals surface area contributed by atoms with Gasteiger partial charge in [-0.15, -0.1) is 0 Å². The average molecular weight is 240 g/mol. The molecule has 1 aliphatic rings. The van der Waals surface area contributed by atoms with Crippen molar-refractivity contribution in [2.45, 2.75) is 64.8 Å². The van der Waals surface area contributed by atoms with Crippen molar-refractivity contribution in [2.75, 3.05) is 0 Å². The standard InChI is InChI=1S/C14H24O3/c1-4-6-12-7-9-13(10-8-12)16-11(3)17-14(15)5-2/h5,11-13H,2,4,6-10H2,1,3H3. The fourth-order valence-electron chi connectivity index (χ4n) is 2.48. The minimum atomic E-state index is -0.465. The molecular formula is C14H24O3. The summed E-state index contributed by atoms with van der Waals surface area (Å²) in [5, 5.41) is 0. The van der Waals surface area contributed by atoms with E-state index in [2.05, 4.69) is 13.5 Å². The van der Waals surface area contributed by atoms with Gasteiger partial charge in [0.15, 0.2) is 0 Å². The van der Waals surface area contributed by atoms with E-state index in [1.807, 2.05) is 0 Å². The Bertz CT molecular complexity index is 242. The van der Waals surface area contributed by atoms with E-state index in [1.54, 1.807) is 6.92 Å². The van der Waals surface area contributed by atoms with Crippen LogP contribution in [0.15, 0.2) is 12.7 Å². The Kier molecular flexibility index (Phi) is 6.27. The molecule has 17 heavy (non-hydrogen) atoms. The van der Waals surface area contributed by atoms with E-state index in [0.29, 0.717) is 0 Å². The molecule has 1 fully saturated rings. The van der Waals surface area contributed by atoms with Gasteiger partial charge in [-0.2, -0.15) is 0 Å². The lowest BCUT2D eigenvalue weighted by Gasteiger charge is -2.30. The van der Waals surface area contributed by atoms with Crippen LogP contribution in [-0.4, -0.2) is 18.4 Å². The summed E-state index contributed by atoms with van der Waals surface area (Å²) in [7, 11) is 0. The first kappa shape index (κ1) is 14.2. The SMILES string of the molecule is C=CC(=O)OC(C)OC1CCC(CCC)CC1. The molecule has 0 radical (unpaired) electrons. The van der Waals surface area contributed by atoms with Crippen LogP contribution in [0.4, 0.5) is 0 Å². The first-order chi connectivity index (χ1) is 8.15. The predicted molar refractivity (Wildman–Crippen MR) is 67.5 cm³/mol. The molecule has 1 saturated carbocycles. The summed E-state index contributed by atoms with van der Waals surface area (Å²) in [5.74, 6) is 0.447. The van der Waals surface area contributed by atoms with E-state index in [9.17, 15) is 4.79 Å². The molecule has 3 nitrogen and oxygen atoms in total. The minimum absolute atomic E-state index is 0.246. The van der Waals surface area contributed by atoms with Gasteiger partial charge in [0.25, 0.3) is 0 Å². The average Bonchev–Trinajstić information content (AvgIpc) is 2.31. The number of hydrogen-bond acceptors (Lipinski definition) is 3. The highest BCUT2D eigenvalue weighted by Gasteiger charge is 2.23. The maximum Gasteiger partial charge on any atom is 0.332 e. The van der Waals surface area contributed by atoms with Gasteiger partial charge in [-0.25, -0.2) is 4.79 Å². The molecule has 1 aliphatic carbocycles. The van der Waals surface area contributed by atoms with Crippen LogP contribution in [0.25, 0.3) is 0 Å². The normalized spacial score (nSPS) is 26.2. The Labute approximate surface area is 104 Å². The van der Waals surface area contributed by atoms with Gasteiger partial charge in [-0.05, 0) is 38.5 Å². The van der Waals surface area contributed by atoms with E-state index in [-0.39, 0.29) is 6.10 Å². The van der Waals surface area contributed by atoms with Gasteiger partial charge in [0.05, 0.1) is 6.10 Å². The third-order valence-corrected chi connectivity index (χ3v) is 3.32. The smallest absolute Gasteiger partial charge is 0.332 e. The van der Waals surface area contributed by atoms with E-state index in [1.165, 1.54) is 25.7 Å². The van der Waals surface area contributed by atoms with Crippen molar-refractivity contribution in [2.24, 2.45) is 5.92 Å². The number of esters is 1. The van der Waals surface area contributed by atoms with Crippen LogP contribution in [0.5, 0.6) is 0 Å². The van der Waals surface area contributed by atoms with Crippen LogP contribution in [-0.2, 0) is 14.3 Å². The van der Waals surface area contributed by atoms with Crippen molar-refractivity contribution >= 4 is 5.97 Å². The summed E-state index contributed by atoms with van der Waals surface area (Å²) >= 11 is 0. The van der Waals surface area contributed by atoms with Crippen LogP contribution in [0, 0.1) is 5.92 Å². The van der Waals surface area contributed by atoms with E-state index in [4.69, 9.17) is 9.47 Å². The van der Waals surface area contributed by atoms with Crippen LogP contribution in [0.1, 0.15) is 52.4 Å². The Morgan fingerprint density at radius 3 is 2.59 bits per heavy atom. The number of ether oxygens (including phenoxy) is 2. The zero-order valence-electron chi connectivity index (χ0n) is 11.0. The van der Waals surface area contributed by atoms with Gasteiger partial charge in [0.2, 0.25) is 6.29 Å². The molecule has 0 aromatic rings. The van der Waals surface area contributed by atoms with Crippen molar-refractivity contribution in [1.82, 2.24) is 0 Å². The third kappa shape index (κ3) is 5.35. The van der Waals surface area contributed by atoms with E-state index < -0.39 is 12.3 Å². The van der Waals surface area contributed by atoms with Crippen LogP contribution in [0.3, 0.4) is 0 Å². The molecule has 98 valence electrons. The Morgan fingerprint density at radius 2 is 2.06 bits per heavy atom. The molecule has 3 heteroatoms. The topological polar surface area (TPSA) is 35.5 Å². The second-order valence-corrected chi connectivity index (χ2v) is 4.78. The summed E-state index contributed by atoms with van der Waals surface area (Å²) in [4.78, 5) is 11.0. The van der Waals surface area contributed by atoms with Crippen molar-refractivity contribution < 1.29 is 14.3 Å². The lowest BCUT2D eigenvalue weighted by Crippen LogP contribution is -2.28. The number of carbonyl (C=O) groups excluding carboxylic acids is 1. The maximum atomic E-state index is 11.0. The molecule has 0 aromatic carbocycles. The fraction of sp³-hybridized carbons (Fsp3) is 0.786. The molecule has 1 unspecified atom stereocenters. The molecule has 0 amide bonds. The Morgan fingerprint density at radius 1 is 1.41 bits per heavy atom. The summed E-state index contributed by atoms with van der Waals surface area (Å²) in [6, 6.07) is 0. The largest absolute Gasteiger partial charge is 0.433 e. The van der Waals surface area contributed by atoms with Gasteiger partial charge in [0, 0.05) is 6.08 Å². The van der Waals surface area contributed by atoms with Gasteiger partial charge in [-0.3, -0.25) is 0 Å². The fourth-order valence-corrected chi connectivity index (χ4v) is 2.48. The highest BCUT2D eigenvalue weighted by molar-refractivity contribution is 5.81. The van der Waals surface area contributed by atoms with E-state index in [0.717, 1.165) is 24.8 Å². The molecule has 0 spiro atoms. The molecular weight excluding hydrogens is 216 g/mol. The second-order valence-electron chi connectivity index (χ2n) is 4.78. The molecule has 0 aromatic heterocycles. The summed E-state index contributed by atoms with van der Waals surface area (Å²) in [5.41, 5.74) is 0. The van der Waals surface area contributed by atoms with Crippen LogP contribution < -0.4 is 0 Å². The predicted octanol–water partition coefficient (Wildman–Crippen LogP) is 3.44. The number of hydrogen-bond donors (Lipinski definition) is 0. The molecule has 0 aliphatic heterocycles. The highest BCUT2D eigenvalue weighted by atomic mass is 16.7. The first-order valence-corrected chi connectivity index (χ1v) is 6.64. The van der Waals surface area contributed by atoms with Gasteiger partial charge < -0.3 is 9.47 Å². The monoisotopic (exact) mass is 240 g/mol. The molecule has 0 N–H and O–H groups in total. The zero-order chi connectivity index (χ0) is 12.7. The number of carbonyl (C=O) groups is 1. The van der Waals surface area contributed by atoms with Crippen molar-refractivity contribution in [1.29, 1.82) is 0 Å². The molecule has 1 atom stereocenters. The van der Waals surface area contributed by atoms with Crippen LogP contribution in [0.2, 0.25) is 0 Å². The van der Waals surface area contributed by atoms with Crippen molar-refractivity contribution in [3.05, 3.63) is 12.7 Å². The van der Waals surface area contributed by atoms with Gasteiger partial charge >= 0.3 is 5.97 Å². The third-order valence-electron chi connectivity index (χ3n) is 3.32. The minimum Gasteiger partial charge on any atom is -0.433 e. The first-order valence-electron chi connectivity index (χ1n) is 6.64. The summed E-state index contributed by atoms with van der Waals surface area (Å²) < 4.78 is 10.7. The second kappa shape index (κ2) is 7.49. The van der Waals surface area contributed by atoms with Gasteiger partial charge in [-0.1, -0.05) is 26.3 Å². The quantitative estimate of drug-likeness (QED) is 0.405. The highest BCUT2D eigenvalue weighted by Crippen LogP contribution is 2.29. The van der Waals surface area contributed by atoms with Crippen LogP contribution >= 0.6 is 0 Å². The van der Waals surface area contributed by atoms with E-state index >= 15 is 0 Å². The Balaban J connectivity index is 2.21. The summed E-state index contributed by atoms with van der Waals surface area (Å²) in [6.45, 7) is 7.36.